The van der Waals surface area contributed by atoms with E-state index in [2.05, 4.69) is 11.4 Å². The number of nitrogens with one attached hydrogen (secondary N) is 1. The number of nitriles is 1. The van der Waals surface area contributed by atoms with Crippen molar-refractivity contribution in [2.24, 2.45) is 11.8 Å². The van der Waals surface area contributed by atoms with Gasteiger partial charge in [0.05, 0.1) is 16.3 Å². The highest BCUT2D eigenvalue weighted by molar-refractivity contribution is 6.32. The van der Waals surface area contributed by atoms with Gasteiger partial charge in [-0.3, -0.25) is 0 Å². The van der Waals surface area contributed by atoms with Gasteiger partial charge in [-0.15, -0.1) is 0 Å². The second kappa shape index (κ2) is 4.23. The van der Waals surface area contributed by atoms with E-state index in [-0.39, 0.29) is 0 Å². The van der Waals surface area contributed by atoms with Crippen LogP contribution in [0.25, 0.3) is 0 Å². The van der Waals surface area contributed by atoms with Crippen molar-refractivity contribution in [3.63, 3.8) is 0 Å². The van der Waals surface area contributed by atoms with Crippen LogP contribution in [0.2, 0.25) is 5.02 Å². The number of fused-ring (bicyclic) bond motifs is 2. The second-order valence-electron chi connectivity index (χ2n) is 5.20. The normalized spacial score (nSPS) is 30.2. The molecule has 2 aliphatic rings. The van der Waals surface area contributed by atoms with E-state index in [1.807, 2.05) is 12.1 Å². The first kappa shape index (κ1) is 10.9. The number of hydrogen-bond acceptors (Lipinski definition) is 2. The highest BCUT2D eigenvalue weighted by Gasteiger charge is 2.39. The largest absolute Gasteiger partial charge is 0.381 e. The summed E-state index contributed by atoms with van der Waals surface area (Å²) in [6.45, 7) is 0. The maximum Gasteiger partial charge on any atom is 0.103 e. The maximum absolute atomic E-state index is 9.13. The van der Waals surface area contributed by atoms with Crippen molar-refractivity contribution in [2.45, 2.75) is 31.7 Å². The Morgan fingerprint density at radius 3 is 2.82 bits per heavy atom. The number of benzene rings is 1. The molecule has 0 saturated heterocycles. The predicted octanol–water partition coefficient (Wildman–Crippen LogP) is 3.81. The molecule has 0 amide bonds. The van der Waals surface area contributed by atoms with Crippen molar-refractivity contribution >= 4 is 17.3 Å². The van der Waals surface area contributed by atoms with Crippen LogP contribution in [-0.2, 0) is 0 Å². The Kier molecular flexibility index (Phi) is 2.72. The minimum atomic E-state index is 0.541. The molecule has 3 rings (SSSR count). The second-order valence-corrected chi connectivity index (χ2v) is 5.61. The van der Waals surface area contributed by atoms with E-state index in [1.54, 1.807) is 6.07 Å². The molecule has 2 fully saturated rings. The first-order valence-corrected chi connectivity index (χ1v) is 6.61. The Balaban J connectivity index is 1.82. The molecule has 17 heavy (non-hydrogen) atoms. The van der Waals surface area contributed by atoms with E-state index in [1.165, 1.54) is 25.7 Å². The number of anilines is 1. The molecule has 0 radical (unpaired) electrons. The molecule has 1 aromatic rings. The molecule has 0 heterocycles. The molecule has 3 heteroatoms. The van der Waals surface area contributed by atoms with Gasteiger partial charge in [0.2, 0.25) is 0 Å². The minimum absolute atomic E-state index is 0.541. The summed E-state index contributed by atoms with van der Waals surface area (Å²) >= 11 is 6.03. The lowest BCUT2D eigenvalue weighted by Gasteiger charge is -2.24. The molecule has 2 aliphatic carbocycles. The summed E-state index contributed by atoms with van der Waals surface area (Å²) in [5.41, 5.74) is 1.48. The standard InChI is InChI=1S/C14H15ClN2/c15-12-2-1-3-13(11(12)8-16)17-14-7-9-4-5-10(14)6-9/h1-3,9-10,14,17H,4-7H2. The Morgan fingerprint density at radius 2 is 2.18 bits per heavy atom. The lowest BCUT2D eigenvalue weighted by atomic mass is 9.95. The van der Waals surface area contributed by atoms with Crippen LogP contribution in [0.5, 0.6) is 0 Å². The van der Waals surface area contributed by atoms with Crippen LogP contribution in [-0.4, -0.2) is 6.04 Å². The minimum Gasteiger partial charge on any atom is -0.381 e. The zero-order chi connectivity index (χ0) is 11.8. The first-order valence-electron chi connectivity index (χ1n) is 6.23. The molecule has 2 nitrogen and oxygen atoms in total. The Morgan fingerprint density at radius 1 is 1.29 bits per heavy atom. The van der Waals surface area contributed by atoms with Crippen LogP contribution in [0.1, 0.15) is 31.2 Å². The van der Waals surface area contributed by atoms with Crippen molar-refractivity contribution < 1.29 is 0 Å². The topological polar surface area (TPSA) is 35.8 Å². The van der Waals surface area contributed by atoms with Gasteiger partial charge in [-0.05, 0) is 43.2 Å². The van der Waals surface area contributed by atoms with E-state index in [0.29, 0.717) is 16.6 Å². The SMILES string of the molecule is N#Cc1c(Cl)cccc1NC1CC2CCC1C2. The molecule has 2 bridgehead atoms. The molecule has 0 aliphatic heterocycles. The van der Waals surface area contributed by atoms with Gasteiger partial charge in [-0.2, -0.15) is 5.26 Å². The van der Waals surface area contributed by atoms with Crippen LogP contribution < -0.4 is 5.32 Å². The summed E-state index contributed by atoms with van der Waals surface area (Å²) in [4.78, 5) is 0. The molecule has 0 aromatic heterocycles. The van der Waals surface area contributed by atoms with Crippen molar-refractivity contribution in [3.8, 4) is 6.07 Å². The first-order chi connectivity index (χ1) is 8.28. The quantitative estimate of drug-likeness (QED) is 0.861. The fraction of sp³-hybridized carbons (Fsp3) is 0.500. The Bertz CT molecular complexity index is 478. The average Bonchev–Trinajstić information content (AvgIpc) is 2.91. The van der Waals surface area contributed by atoms with Gasteiger partial charge < -0.3 is 5.32 Å². The Labute approximate surface area is 107 Å². The molecule has 0 spiro atoms. The summed E-state index contributed by atoms with van der Waals surface area (Å²) < 4.78 is 0. The van der Waals surface area contributed by atoms with E-state index in [9.17, 15) is 0 Å². The van der Waals surface area contributed by atoms with Gasteiger partial charge >= 0.3 is 0 Å². The van der Waals surface area contributed by atoms with Crippen LogP contribution in [0.3, 0.4) is 0 Å². The number of nitrogens with zero attached hydrogens (tertiary/aromatic N) is 1. The van der Waals surface area contributed by atoms with Crippen molar-refractivity contribution in [1.82, 2.24) is 0 Å². The molecule has 3 unspecified atom stereocenters. The molecule has 3 atom stereocenters. The van der Waals surface area contributed by atoms with Crippen LogP contribution in [0.15, 0.2) is 18.2 Å². The predicted molar refractivity (Wildman–Crippen MR) is 69.0 cm³/mol. The zero-order valence-corrected chi connectivity index (χ0v) is 10.4. The van der Waals surface area contributed by atoms with Crippen molar-refractivity contribution in [1.29, 1.82) is 5.26 Å². The van der Waals surface area contributed by atoms with Gasteiger partial charge in [0.25, 0.3) is 0 Å². The van der Waals surface area contributed by atoms with E-state index in [4.69, 9.17) is 16.9 Å². The van der Waals surface area contributed by atoms with Gasteiger partial charge in [0.15, 0.2) is 0 Å². The third-order valence-electron chi connectivity index (χ3n) is 4.20. The maximum atomic E-state index is 9.13. The van der Waals surface area contributed by atoms with E-state index >= 15 is 0 Å². The van der Waals surface area contributed by atoms with E-state index in [0.717, 1.165) is 17.5 Å². The van der Waals surface area contributed by atoms with E-state index < -0.39 is 0 Å². The Hall–Kier alpha value is -1.20. The highest BCUT2D eigenvalue weighted by Crippen LogP contribution is 2.45. The highest BCUT2D eigenvalue weighted by atomic mass is 35.5. The van der Waals surface area contributed by atoms with Gasteiger partial charge in [-0.1, -0.05) is 24.1 Å². The molecular formula is C14H15ClN2. The molecule has 2 saturated carbocycles. The third kappa shape index (κ3) is 1.89. The monoisotopic (exact) mass is 246 g/mol. The van der Waals surface area contributed by atoms with Crippen LogP contribution >= 0.6 is 11.6 Å². The van der Waals surface area contributed by atoms with Gasteiger partial charge in [0, 0.05) is 6.04 Å². The molecular weight excluding hydrogens is 232 g/mol. The lowest BCUT2D eigenvalue weighted by Crippen LogP contribution is -2.26. The fourth-order valence-electron chi connectivity index (χ4n) is 3.38. The summed E-state index contributed by atoms with van der Waals surface area (Å²) in [7, 11) is 0. The number of halogens is 1. The summed E-state index contributed by atoms with van der Waals surface area (Å²) in [6.07, 6.45) is 5.34. The average molecular weight is 247 g/mol. The summed E-state index contributed by atoms with van der Waals surface area (Å²) in [5, 5.41) is 13.2. The summed E-state index contributed by atoms with van der Waals surface area (Å²) in [5.74, 6) is 1.70. The molecule has 88 valence electrons. The van der Waals surface area contributed by atoms with Crippen molar-refractivity contribution in [2.75, 3.05) is 5.32 Å². The number of rotatable bonds is 2. The summed E-state index contributed by atoms with van der Waals surface area (Å²) in [6, 6.07) is 8.35. The number of hydrogen-bond donors (Lipinski definition) is 1. The lowest BCUT2D eigenvalue weighted by molar-refractivity contribution is 0.440. The zero-order valence-electron chi connectivity index (χ0n) is 9.62. The van der Waals surface area contributed by atoms with Crippen LogP contribution in [0.4, 0.5) is 5.69 Å². The fourth-order valence-corrected chi connectivity index (χ4v) is 3.60. The molecule has 1 N–H and O–H groups in total. The van der Waals surface area contributed by atoms with Gasteiger partial charge in [0.1, 0.15) is 6.07 Å². The van der Waals surface area contributed by atoms with Gasteiger partial charge in [-0.25, -0.2) is 0 Å². The van der Waals surface area contributed by atoms with Crippen molar-refractivity contribution in [3.05, 3.63) is 28.8 Å². The smallest absolute Gasteiger partial charge is 0.103 e. The van der Waals surface area contributed by atoms with Crippen LogP contribution in [0, 0.1) is 23.2 Å². The third-order valence-corrected chi connectivity index (χ3v) is 4.52. The molecule has 1 aromatic carbocycles.